The Morgan fingerprint density at radius 1 is 1.15 bits per heavy atom. The molecule has 0 aliphatic carbocycles. The number of ether oxygens (including phenoxy) is 3. The van der Waals surface area contributed by atoms with Crippen LogP contribution in [0.4, 0.5) is 5.69 Å². The molecule has 1 atom stereocenters. The van der Waals surface area contributed by atoms with E-state index in [0.717, 1.165) is 0 Å². The van der Waals surface area contributed by atoms with Crippen LogP contribution in [0.25, 0.3) is 0 Å². The number of hydrazone groups is 1. The Bertz CT molecular complexity index is 910. The van der Waals surface area contributed by atoms with Crippen molar-refractivity contribution >= 4 is 17.5 Å². The molecule has 0 bridgehead atoms. The van der Waals surface area contributed by atoms with E-state index in [-0.39, 0.29) is 17.5 Å². The number of amides is 1. The van der Waals surface area contributed by atoms with Gasteiger partial charge in [0.15, 0.2) is 11.5 Å². The van der Waals surface area contributed by atoms with Crippen molar-refractivity contribution in [2.75, 3.05) is 14.2 Å². The number of hydrogen-bond donors (Lipinski definition) is 0. The van der Waals surface area contributed by atoms with Gasteiger partial charge < -0.3 is 14.2 Å². The first kappa shape index (κ1) is 18.2. The standard InChI is InChI=1S/C18H17N3O6/c1-11(22)20-18(12-4-7-14(8-5-12)21(23)24)27-17(19-20)13-6-9-15(25-2)16(10-13)26-3/h4-10,18H,1-3H3/t18-/m1/s1. The van der Waals surface area contributed by atoms with Crippen LogP contribution < -0.4 is 9.47 Å². The minimum atomic E-state index is -0.814. The summed E-state index contributed by atoms with van der Waals surface area (Å²) in [6, 6.07) is 10.9. The van der Waals surface area contributed by atoms with E-state index < -0.39 is 11.2 Å². The summed E-state index contributed by atoms with van der Waals surface area (Å²) in [6.07, 6.45) is -0.814. The van der Waals surface area contributed by atoms with Crippen molar-refractivity contribution < 1.29 is 23.9 Å². The van der Waals surface area contributed by atoms with E-state index in [4.69, 9.17) is 14.2 Å². The molecule has 3 rings (SSSR count). The van der Waals surface area contributed by atoms with Crippen molar-refractivity contribution in [3.05, 3.63) is 63.7 Å². The maximum absolute atomic E-state index is 12.0. The highest BCUT2D eigenvalue weighted by molar-refractivity contribution is 5.97. The molecular weight excluding hydrogens is 354 g/mol. The van der Waals surface area contributed by atoms with Crippen LogP contribution in [0.15, 0.2) is 47.6 Å². The van der Waals surface area contributed by atoms with Crippen LogP contribution in [0.5, 0.6) is 11.5 Å². The second-order valence-corrected chi connectivity index (χ2v) is 5.66. The van der Waals surface area contributed by atoms with Crippen LogP contribution >= 0.6 is 0 Å². The number of hydrogen-bond acceptors (Lipinski definition) is 7. The number of nitrogens with zero attached hydrogens (tertiary/aromatic N) is 3. The summed E-state index contributed by atoms with van der Waals surface area (Å²) in [5, 5.41) is 16.3. The zero-order valence-electron chi connectivity index (χ0n) is 14.9. The van der Waals surface area contributed by atoms with Crippen LogP contribution in [0.2, 0.25) is 0 Å². The van der Waals surface area contributed by atoms with Crippen LogP contribution in [-0.2, 0) is 9.53 Å². The lowest BCUT2D eigenvalue weighted by molar-refractivity contribution is -0.384. The fraction of sp³-hybridized carbons (Fsp3) is 0.222. The van der Waals surface area contributed by atoms with Crippen LogP contribution in [0.1, 0.15) is 24.3 Å². The summed E-state index contributed by atoms with van der Waals surface area (Å²) in [4.78, 5) is 22.3. The van der Waals surface area contributed by atoms with Crippen molar-refractivity contribution in [2.45, 2.75) is 13.2 Å². The average molecular weight is 371 g/mol. The second kappa shape index (κ2) is 7.32. The summed E-state index contributed by atoms with van der Waals surface area (Å²) >= 11 is 0. The van der Waals surface area contributed by atoms with Gasteiger partial charge in [0.25, 0.3) is 5.69 Å². The monoisotopic (exact) mass is 371 g/mol. The third-order valence-corrected chi connectivity index (χ3v) is 3.99. The lowest BCUT2D eigenvalue weighted by Gasteiger charge is -2.19. The summed E-state index contributed by atoms with van der Waals surface area (Å²) in [5.41, 5.74) is 1.12. The molecule has 0 saturated carbocycles. The van der Waals surface area contributed by atoms with Gasteiger partial charge in [0, 0.05) is 30.2 Å². The predicted octanol–water partition coefficient (Wildman–Crippen LogP) is 2.85. The topological polar surface area (TPSA) is 104 Å². The molecule has 2 aromatic carbocycles. The minimum Gasteiger partial charge on any atom is -0.493 e. The lowest BCUT2D eigenvalue weighted by Crippen LogP contribution is -2.25. The molecule has 9 heteroatoms. The number of carbonyl (C=O) groups excluding carboxylic acids is 1. The van der Waals surface area contributed by atoms with Gasteiger partial charge in [-0.2, -0.15) is 5.01 Å². The minimum absolute atomic E-state index is 0.0489. The Kier molecular flexibility index (Phi) is 4.93. The molecule has 2 aromatic rings. The van der Waals surface area contributed by atoms with Gasteiger partial charge in [-0.3, -0.25) is 14.9 Å². The first-order chi connectivity index (χ1) is 12.9. The van der Waals surface area contributed by atoms with Gasteiger partial charge in [0.2, 0.25) is 18.0 Å². The van der Waals surface area contributed by atoms with Crippen LogP contribution in [-0.4, -0.2) is 36.0 Å². The van der Waals surface area contributed by atoms with Gasteiger partial charge in [-0.25, -0.2) is 0 Å². The largest absolute Gasteiger partial charge is 0.493 e. The van der Waals surface area contributed by atoms with E-state index in [1.165, 1.54) is 50.4 Å². The van der Waals surface area contributed by atoms with Gasteiger partial charge in [-0.05, 0) is 30.3 Å². The maximum Gasteiger partial charge on any atom is 0.269 e. The average Bonchev–Trinajstić information content (AvgIpc) is 3.13. The van der Waals surface area contributed by atoms with E-state index in [0.29, 0.717) is 22.6 Å². The van der Waals surface area contributed by atoms with E-state index in [9.17, 15) is 14.9 Å². The smallest absolute Gasteiger partial charge is 0.269 e. The lowest BCUT2D eigenvalue weighted by atomic mass is 10.1. The highest BCUT2D eigenvalue weighted by Crippen LogP contribution is 2.34. The molecule has 0 saturated heterocycles. The third kappa shape index (κ3) is 3.52. The number of nitro groups is 1. The third-order valence-electron chi connectivity index (χ3n) is 3.99. The molecule has 27 heavy (non-hydrogen) atoms. The van der Waals surface area contributed by atoms with E-state index >= 15 is 0 Å². The molecule has 140 valence electrons. The Hall–Kier alpha value is -3.62. The highest BCUT2D eigenvalue weighted by atomic mass is 16.6. The number of benzene rings is 2. The molecule has 1 aliphatic rings. The molecule has 1 aliphatic heterocycles. The van der Waals surface area contributed by atoms with Crippen LogP contribution in [0.3, 0.4) is 0 Å². The molecule has 0 radical (unpaired) electrons. The number of non-ortho nitro benzene ring substituents is 1. The Labute approximate surface area is 154 Å². The number of methoxy groups -OCH3 is 2. The van der Waals surface area contributed by atoms with Crippen LogP contribution in [0, 0.1) is 10.1 Å². The SMILES string of the molecule is COc1ccc(C2=NN(C(C)=O)[C@@H](c3ccc([N+](=O)[O-])cc3)O2)cc1OC. The normalized spacial score (nSPS) is 15.7. The zero-order valence-corrected chi connectivity index (χ0v) is 14.9. The van der Waals surface area contributed by atoms with Gasteiger partial charge in [0.05, 0.1) is 19.1 Å². The maximum atomic E-state index is 12.0. The van der Waals surface area contributed by atoms with E-state index in [1.807, 2.05) is 0 Å². The van der Waals surface area contributed by atoms with E-state index in [2.05, 4.69) is 5.10 Å². The molecule has 0 spiro atoms. The molecule has 0 fully saturated rings. The molecule has 1 heterocycles. The number of carbonyl (C=O) groups is 1. The van der Waals surface area contributed by atoms with Crippen molar-refractivity contribution in [2.24, 2.45) is 5.10 Å². The van der Waals surface area contributed by atoms with Gasteiger partial charge in [-0.1, -0.05) is 0 Å². The van der Waals surface area contributed by atoms with E-state index in [1.54, 1.807) is 18.2 Å². The second-order valence-electron chi connectivity index (χ2n) is 5.66. The van der Waals surface area contributed by atoms with Crippen molar-refractivity contribution in [3.8, 4) is 11.5 Å². The number of rotatable bonds is 5. The summed E-state index contributed by atoms with van der Waals surface area (Å²) in [6.45, 7) is 1.36. The number of nitro benzene ring substituents is 1. The fourth-order valence-electron chi connectivity index (χ4n) is 2.63. The van der Waals surface area contributed by atoms with Crippen molar-refractivity contribution in [3.63, 3.8) is 0 Å². The van der Waals surface area contributed by atoms with Crippen molar-refractivity contribution in [1.29, 1.82) is 0 Å². The molecule has 9 nitrogen and oxygen atoms in total. The summed E-state index contributed by atoms with van der Waals surface area (Å²) in [5.74, 6) is 0.952. The quantitative estimate of drug-likeness (QED) is 0.591. The van der Waals surface area contributed by atoms with Gasteiger partial charge >= 0.3 is 0 Å². The van der Waals surface area contributed by atoms with Gasteiger partial charge in [-0.15, -0.1) is 5.10 Å². The highest BCUT2D eigenvalue weighted by Gasteiger charge is 2.33. The Balaban J connectivity index is 1.92. The molecular formula is C18H17N3O6. The van der Waals surface area contributed by atoms with Gasteiger partial charge in [0.1, 0.15) is 0 Å². The summed E-state index contributed by atoms with van der Waals surface area (Å²) < 4.78 is 16.4. The first-order valence-electron chi connectivity index (χ1n) is 7.96. The predicted molar refractivity (Wildman–Crippen MR) is 95.5 cm³/mol. The van der Waals surface area contributed by atoms with Crippen molar-refractivity contribution in [1.82, 2.24) is 5.01 Å². The summed E-state index contributed by atoms with van der Waals surface area (Å²) in [7, 11) is 3.05. The molecule has 1 amide bonds. The zero-order chi connectivity index (χ0) is 19.6. The molecule has 0 N–H and O–H groups in total. The molecule has 0 aromatic heterocycles. The Morgan fingerprint density at radius 3 is 2.37 bits per heavy atom. The molecule has 0 unspecified atom stereocenters. The Morgan fingerprint density at radius 2 is 1.81 bits per heavy atom. The fourth-order valence-corrected chi connectivity index (χ4v) is 2.63. The first-order valence-corrected chi connectivity index (χ1v) is 7.96.